The maximum absolute atomic E-state index is 13.8. The van der Waals surface area contributed by atoms with Gasteiger partial charge in [0.05, 0.1) is 5.41 Å². The fourth-order valence-corrected chi connectivity index (χ4v) is 6.65. The van der Waals surface area contributed by atoms with E-state index in [0.717, 1.165) is 62.8 Å². The molecule has 0 aromatic rings. The summed E-state index contributed by atoms with van der Waals surface area (Å²) in [6.07, 6.45) is 18.0. The van der Waals surface area contributed by atoms with Gasteiger partial charge in [0, 0.05) is 18.3 Å². The van der Waals surface area contributed by atoms with Crippen LogP contribution in [0.1, 0.15) is 52.4 Å². The van der Waals surface area contributed by atoms with Gasteiger partial charge < -0.3 is 4.90 Å². The molecule has 0 radical (unpaired) electrons. The monoisotopic (exact) mass is 371 g/mol. The number of thioether (sulfide) groups is 1. The number of fused-ring (bicyclic) bond motifs is 1. The first-order valence-corrected chi connectivity index (χ1v) is 11.6. The number of hydrogen-bond donors (Lipinski definition) is 0. The van der Waals surface area contributed by atoms with Gasteiger partial charge in [-0.15, -0.1) is 0 Å². The van der Waals surface area contributed by atoms with Crippen molar-refractivity contribution in [2.45, 2.75) is 57.6 Å². The smallest absolute Gasteiger partial charge is 0.229 e. The summed E-state index contributed by atoms with van der Waals surface area (Å²) in [5, 5.41) is 0.566. The number of hydrogen-bond acceptors (Lipinski definition) is 2. The summed E-state index contributed by atoms with van der Waals surface area (Å²) >= 11 is 2.02. The van der Waals surface area contributed by atoms with E-state index in [2.05, 4.69) is 49.1 Å². The van der Waals surface area contributed by atoms with Crippen molar-refractivity contribution in [1.29, 1.82) is 0 Å². The molecule has 5 unspecified atom stereocenters. The molecule has 0 aromatic carbocycles. The minimum atomic E-state index is -0.0707. The van der Waals surface area contributed by atoms with Crippen LogP contribution in [-0.2, 0) is 4.79 Å². The molecule has 4 rings (SSSR count). The van der Waals surface area contributed by atoms with E-state index < -0.39 is 0 Å². The largest absolute Gasteiger partial charge is 0.340 e. The Balaban J connectivity index is 1.51. The molecule has 4 aliphatic rings. The third-order valence-corrected chi connectivity index (χ3v) is 8.40. The van der Waals surface area contributed by atoms with E-state index in [1.165, 1.54) is 6.42 Å². The summed E-state index contributed by atoms with van der Waals surface area (Å²) in [5.41, 5.74) is 1.59. The third kappa shape index (κ3) is 3.32. The van der Waals surface area contributed by atoms with Crippen molar-refractivity contribution < 1.29 is 4.79 Å². The van der Waals surface area contributed by atoms with E-state index in [9.17, 15) is 4.79 Å². The fraction of sp³-hybridized carbons (Fsp3) is 0.696. The van der Waals surface area contributed by atoms with Crippen LogP contribution in [0.25, 0.3) is 0 Å². The molecule has 0 aliphatic heterocycles. The van der Waals surface area contributed by atoms with Gasteiger partial charge in [-0.3, -0.25) is 4.79 Å². The van der Waals surface area contributed by atoms with E-state index in [4.69, 9.17) is 0 Å². The molecule has 1 amide bonds. The molecular formula is C23H33NOS. The zero-order valence-corrected chi connectivity index (χ0v) is 17.1. The highest BCUT2D eigenvalue weighted by Gasteiger charge is 2.58. The van der Waals surface area contributed by atoms with Crippen LogP contribution >= 0.6 is 11.8 Å². The number of carbonyl (C=O) groups is 1. The van der Waals surface area contributed by atoms with Crippen LogP contribution in [0.2, 0.25) is 0 Å². The summed E-state index contributed by atoms with van der Waals surface area (Å²) in [6.45, 7) is 6.32. The van der Waals surface area contributed by atoms with E-state index >= 15 is 0 Å². The highest BCUT2D eigenvalue weighted by molar-refractivity contribution is 7.99. The van der Waals surface area contributed by atoms with Gasteiger partial charge in [-0.2, -0.15) is 11.8 Å². The van der Waals surface area contributed by atoms with Gasteiger partial charge in [0.1, 0.15) is 0 Å². The molecule has 3 heteroatoms. The summed E-state index contributed by atoms with van der Waals surface area (Å²) in [7, 11) is 0. The lowest BCUT2D eigenvalue weighted by Gasteiger charge is -2.39. The number of allylic oxidation sites excluding steroid dienone is 5. The molecule has 0 aromatic heterocycles. The van der Waals surface area contributed by atoms with Crippen LogP contribution in [0.15, 0.2) is 36.0 Å². The first-order chi connectivity index (χ1) is 12.6. The number of nitrogens with zero attached hydrogens (tertiary/aromatic N) is 1. The van der Waals surface area contributed by atoms with Gasteiger partial charge in [0.2, 0.25) is 5.91 Å². The summed E-state index contributed by atoms with van der Waals surface area (Å²) in [4.78, 5) is 16.1. The molecule has 0 N–H and O–H groups in total. The molecule has 4 aliphatic carbocycles. The maximum atomic E-state index is 13.8. The molecule has 0 spiro atoms. The van der Waals surface area contributed by atoms with Gasteiger partial charge in [0.15, 0.2) is 0 Å². The lowest BCUT2D eigenvalue weighted by Crippen LogP contribution is -2.47. The number of carbonyl (C=O) groups excluding carboxylic acids is 1. The zero-order chi connectivity index (χ0) is 18.1. The van der Waals surface area contributed by atoms with E-state index in [1.54, 1.807) is 5.57 Å². The molecule has 0 saturated heterocycles. The second kappa shape index (κ2) is 7.58. The standard InChI is InChI=1S/C23H33NOS/c1-3-20(26-4-2)16-24(15-17-8-6-5-7-9-17)22(25)23-11-10-18-12-19(13-23)21(18)14-23/h5-8,10,17,19-21H,3-4,9,11-16H2,1-2H3. The molecular weight excluding hydrogens is 338 g/mol. The molecule has 26 heavy (non-hydrogen) atoms. The first kappa shape index (κ1) is 18.4. The van der Waals surface area contributed by atoms with E-state index in [0.29, 0.717) is 17.1 Å². The highest BCUT2D eigenvalue weighted by Crippen LogP contribution is 2.63. The average Bonchev–Trinajstić information content (AvgIpc) is 2.80. The number of amides is 1. The highest BCUT2D eigenvalue weighted by atomic mass is 32.2. The molecule has 0 heterocycles. The summed E-state index contributed by atoms with van der Waals surface area (Å²) in [5.74, 6) is 3.64. The topological polar surface area (TPSA) is 20.3 Å². The zero-order valence-electron chi connectivity index (χ0n) is 16.3. The van der Waals surface area contributed by atoms with Crippen LogP contribution in [0.3, 0.4) is 0 Å². The van der Waals surface area contributed by atoms with Gasteiger partial charge in [0.25, 0.3) is 0 Å². The Hall–Kier alpha value is -0.960. The van der Waals surface area contributed by atoms with Crippen molar-refractivity contribution in [1.82, 2.24) is 4.90 Å². The second-order valence-electron chi connectivity index (χ2n) is 8.75. The second-order valence-corrected chi connectivity index (χ2v) is 10.3. The van der Waals surface area contributed by atoms with E-state index in [1.807, 2.05) is 11.8 Å². The van der Waals surface area contributed by atoms with Gasteiger partial charge in [-0.05, 0) is 62.0 Å². The van der Waals surface area contributed by atoms with Gasteiger partial charge in [-0.1, -0.05) is 49.8 Å². The van der Waals surface area contributed by atoms with Gasteiger partial charge in [-0.25, -0.2) is 0 Å². The van der Waals surface area contributed by atoms with Crippen LogP contribution in [0.4, 0.5) is 0 Å². The molecule has 5 atom stereocenters. The minimum absolute atomic E-state index is 0.0707. The maximum Gasteiger partial charge on any atom is 0.229 e. The minimum Gasteiger partial charge on any atom is -0.340 e. The fourth-order valence-electron chi connectivity index (χ4n) is 5.65. The van der Waals surface area contributed by atoms with Crippen molar-refractivity contribution in [3.63, 3.8) is 0 Å². The quantitative estimate of drug-likeness (QED) is 0.545. The summed E-state index contributed by atoms with van der Waals surface area (Å²) < 4.78 is 0. The normalized spacial score (nSPS) is 35.0. The van der Waals surface area contributed by atoms with Crippen LogP contribution < -0.4 is 0 Å². The predicted molar refractivity (Wildman–Crippen MR) is 111 cm³/mol. The molecule has 2 nitrogen and oxygen atoms in total. The van der Waals surface area contributed by atoms with Crippen molar-refractivity contribution in [3.05, 3.63) is 36.0 Å². The van der Waals surface area contributed by atoms with Crippen molar-refractivity contribution in [3.8, 4) is 0 Å². The molecule has 142 valence electrons. The Kier molecular flexibility index (Phi) is 5.36. The van der Waals surface area contributed by atoms with Gasteiger partial charge >= 0.3 is 0 Å². The van der Waals surface area contributed by atoms with Crippen LogP contribution in [-0.4, -0.2) is 34.9 Å². The molecule has 2 fully saturated rings. The SMILES string of the molecule is CCSC(CC)CN(CC1C=CC=CC1)C(=O)C12CC=C3CC(C1)C3C2. The predicted octanol–water partition coefficient (Wildman–Crippen LogP) is 5.23. The average molecular weight is 372 g/mol. The molecule has 2 bridgehead atoms. The van der Waals surface area contributed by atoms with Crippen molar-refractivity contribution in [2.24, 2.45) is 23.2 Å². The van der Waals surface area contributed by atoms with Crippen molar-refractivity contribution in [2.75, 3.05) is 18.8 Å². The Bertz CT molecular complexity index is 636. The van der Waals surface area contributed by atoms with Crippen molar-refractivity contribution >= 4 is 17.7 Å². The van der Waals surface area contributed by atoms with Crippen LogP contribution in [0, 0.1) is 23.2 Å². The Morgan fingerprint density at radius 1 is 1.35 bits per heavy atom. The lowest BCUT2D eigenvalue weighted by molar-refractivity contribution is -0.142. The van der Waals surface area contributed by atoms with Crippen LogP contribution in [0.5, 0.6) is 0 Å². The Morgan fingerprint density at radius 3 is 2.96 bits per heavy atom. The van der Waals surface area contributed by atoms with E-state index in [-0.39, 0.29) is 5.41 Å². The summed E-state index contributed by atoms with van der Waals surface area (Å²) in [6, 6.07) is 0. The first-order valence-electron chi connectivity index (χ1n) is 10.6. The number of rotatable bonds is 8. The molecule has 2 saturated carbocycles. The lowest BCUT2D eigenvalue weighted by atomic mass is 9.69. The Labute approximate surface area is 163 Å². The Morgan fingerprint density at radius 2 is 2.23 bits per heavy atom. The third-order valence-electron chi connectivity index (χ3n) is 7.11.